The normalized spacial score (nSPS) is 21.2. The van der Waals surface area contributed by atoms with Crippen LogP contribution in [0.3, 0.4) is 0 Å². The first-order valence-corrected chi connectivity index (χ1v) is 7.82. The number of carbonyl (C=O) groups excluding carboxylic acids is 1. The van der Waals surface area contributed by atoms with Crippen molar-refractivity contribution in [1.82, 2.24) is 0 Å². The number of aryl methyl sites for hydroxylation is 2. The van der Waals surface area contributed by atoms with E-state index in [2.05, 4.69) is 6.07 Å². The van der Waals surface area contributed by atoms with Crippen molar-refractivity contribution in [1.29, 1.82) is 0 Å². The lowest BCUT2D eigenvalue weighted by molar-refractivity contribution is 0.0927. The molecule has 0 aliphatic heterocycles. The van der Waals surface area contributed by atoms with Gasteiger partial charge < -0.3 is 0 Å². The zero-order chi connectivity index (χ0) is 11.7. The van der Waals surface area contributed by atoms with E-state index in [1.807, 2.05) is 0 Å². The minimum absolute atomic E-state index is 0.345. The first-order chi connectivity index (χ1) is 8.34. The average molecular weight is 248 g/mol. The van der Waals surface area contributed by atoms with Crippen molar-refractivity contribution >= 4 is 17.1 Å². The van der Waals surface area contributed by atoms with Gasteiger partial charge >= 0.3 is 0 Å². The Morgan fingerprint density at radius 2 is 1.82 bits per heavy atom. The van der Waals surface area contributed by atoms with Gasteiger partial charge in [0.15, 0.2) is 5.78 Å². The minimum Gasteiger partial charge on any atom is -0.293 e. The van der Waals surface area contributed by atoms with Crippen molar-refractivity contribution in [2.75, 3.05) is 0 Å². The smallest absolute Gasteiger partial charge is 0.175 e. The lowest BCUT2D eigenvalue weighted by Crippen LogP contribution is -2.09. The van der Waals surface area contributed by atoms with Crippen LogP contribution in [0.1, 0.15) is 65.1 Å². The quantitative estimate of drug-likeness (QED) is 0.560. The summed E-state index contributed by atoms with van der Waals surface area (Å²) in [5.41, 5.74) is 1.48. The Balaban J connectivity index is 1.81. The standard InChI is InChI=1S/C15H20OS/c16-15(11-6-4-5-7-11)14-10-12-8-2-1-3-9-13(12)17-14/h10-11H,1-9H2. The Bertz CT molecular complexity index is 389. The van der Waals surface area contributed by atoms with E-state index in [4.69, 9.17) is 0 Å². The van der Waals surface area contributed by atoms with Crippen molar-refractivity contribution in [2.45, 2.75) is 57.8 Å². The van der Waals surface area contributed by atoms with E-state index in [9.17, 15) is 4.79 Å². The van der Waals surface area contributed by atoms with Crippen LogP contribution >= 0.6 is 11.3 Å². The summed E-state index contributed by atoms with van der Waals surface area (Å²) in [6.45, 7) is 0. The van der Waals surface area contributed by atoms with E-state index in [1.54, 1.807) is 11.3 Å². The number of ketones is 1. The Morgan fingerprint density at radius 1 is 1.06 bits per heavy atom. The molecule has 0 bridgehead atoms. The lowest BCUT2D eigenvalue weighted by atomic mass is 10.0. The predicted molar refractivity (Wildman–Crippen MR) is 71.9 cm³/mol. The number of fused-ring (bicyclic) bond motifs is 1. The van der Waals surface area contributed by atoms with Gasteiger partial charge in [0.25, 0.3) is 0 Å². The maximum Gasteiger partial charge on any atom is 0.175 e. The van der Waals surface area contributed by atoms with Crippen LogP contribution in [0.15, 0.2) is 6.07 Å². The van der Waals surface area contributed by atoms with Gasteiger partial charge in [-0.25, -0.2) is 0 Å². The van der Waals surface area contributed by atoms with Crippen LogP contribution in [0.4, 0.5) is 0 Å². The average Bonchev–Trinajstić information content (AvgIpc) is 2.95. The Hall–Kier alpha value is -0.630. The van der Waals surface area contributed by atoms with Crippen molar-refractivity contribution < 1.29 is 4.79 Å². The van der Waals surface area contributed by atoms with Crippen molar-refractivity contribution in [3.8, 4) is 0 Å². The highest BCUT2D eigenvalue weighted by Crippen LogP contribution is 2.34. The molecular formula is C15H20OS. The van der Waals surface area contributed by atoms with E-state index < -0.39 is 0 Å². The number of thiophene rings is 1. The maximum atomic E-state index is 12.4. The second kappa shape index (κ2) is 4.93. The van der Waals surface area contributed by atoms with Crippen LogP contribution in [0, 0.1) is 5.92 Å². The molecule has 0 radical (unpaired) electrons. The number of hydrogen-bond donors (Lipinski definition) is 0. The number of carbonyl (C=O) groups is 1. The van der Waals surface area contributed by atoms with Gasteiger partial charge in [-0.15, -0.1) is 11.3 Å². The predicted octanol–water partition coefficient (Wildman–Crippen LogP) is 4.39. The topological polar surface area (TPSA) is 17.1 Å². The molecular weight excluding hydrogens is 228 g/mol. The number of Topliss-reactive ketones (excluding diaryl/α,β-unsaturated/α-hetero) is 1. The molecule has 1 fully saturated rings. The summed E-state index contributed by atoms with van der Waals surface area (Å²) in [6.07, 6.45) is 11.1. The molecule has 0 amide bonds. The van der Waals surface area contributed by atoms with Crippen LogP contribution in [0.5, 0.6) is 0 Å². The van der Waals surface area contributed by atoms with Crippen LogP contribution < -0.4 is 0 Å². The molecule has 2 aliphatic carbocycles. The Kier molecular flexibility index (Phi) is 3.32. The molecule has 1 nitrogen and oxygen atoms in total. The second-order valence-electron chi connectivity index (χ2n) is 5.47. The van der Waals surface area contributed by atoms with Crippen molar-refractivity contribution in [3.63, 3.8) is 0 Å². The molecule has 1 heterocycles. The fourth-order valence-electron chi connectivity index (χ4n) is 3.18. The maximum absolute atomic E-state index is 12.4. The molecule has 0 unspecified atom stereocenters. The first kappa shape index (κ1) is 11.5. The molecule has 2 aliphatic rings. The highest BCUT2D eigenvalue weighted by molar-refractivity contribution is 7.14. The third-order valence-corrected chi connectivity index (χ3v) is 5.47. The van der Waals surface area contributed by atoms with Crippen LogP contribution in [0.2, 0.25) is 0 Å². The summed E-state index contributed by atoms with van der Waals surface area (Å²) in [4.78, 5) is 14.9. The number of rotatable bonds is 2. The van der Waals surface area contributed by atoms with Crippen LogP contribution in [-0.4, -0.2) is 5.78 Å². The summed E-state index contributed by atoms with van der Waals surface area (Å²) < 4.78 is 0. The molecule has 2 heteroatoms. The molecule has 17 heavy (non-hydrogen) atoms. The molecule has 92 valence electrons. The van der Waals surface area contributed by atoms with Gasteiger partial charge in [-0.1, -0.05) is 19.3 Å². The largest absolute Gasteiger partial charge is 0.293 e. The molecule has 0 atom stereocenters. The molecule has 3 rings (SSSR count). The van der Waals surface area contributed by atoms with Gasteiger partial charge in [0.1, 0.15) is 0 Å². The van der Waals surface area contributed by atoms with Gasteiger partial charge in [0.05, 0.1) is 4.88 Å². The highest BCUT2D eigenvalue weighted by Gasteiger charge is 2.26. The van der Waals surface area contributed by atoms with E-state index >= 15 is 0 Å². The van der Waals surface area contributed by atoms with E-state index in [0.29, 0.717) is 11.7 Å². The molecule has 0 N–H and O–H groups in total. The fourth-order valence-corrected chi connectivity index (χ4v) is 4.45. The summed E-state index contributed by atoms with van der Waals surface area (Å²) in [7, 11) is 0. The molecule has 0 saturated heterocycles. The zero-order valence-corrected chi connectivity index (χ0v) is 11.2. The van der Waals surface area contributed by atoms with Gasteiger partial charge in [-0.3, -0.25) is 4.79 Å². The monoisotopic (exact) mass is 248 g/mol. The lowest BCUT2D eigenvalue weighted by Gasteiger charge is -2.04. The fraction of sp³-hybridized carbons (Fsp3) is 0.667. The van der Waals surface area contributed by atoms with E-state index in [0.717, 1.165) is 17.7 Å². The Morgan fingerprint density at radius 3 is 2.65 bits per heavy atom. The summed E-state index contributed by atoms with van der Waals surface area (Å²) in [6, 6.07) is 2.21. The first-order valence-electron chi connectivity index (χ1n) is 7.00. The van der Waals surface area contributed by atoms with Gasteiger partial charge in [0, 0.05) is 10.8 Å². The SMILES string of the molecule is O=C(c1cc2c(s1)CCCCC2)C1CCCC1. The minimum atomic E-state index is 0.345. The molecule has 0 spiro atoms. The molecule has 1 aromatic heterocycles. The summed E-state index contributed by atoms with van der Waals surface area (Å²) in [5, 5.41) is 0. The summed E-state index contributed by atoms with van der Waals surface area (Å²) >= 11 is 1.79. The molecule has 1 saturated carbocycles. The summed E-state index contributed by atoms with van der Waals surface area (Å²) in [5.74, 6) is 0.790. The molecule has 1 aromatic rings. The van der Waals surface area contributed by atoms with Crippen LogP contribution in [0.25, 0.3) is 0 Å². The van der Waals surface area contributed by atoms with Crippen molar-refractivity contribution in [2.24, 2.45) is 5.92 Å². The zero-order valence-electron chi connectivity index (χ0n) is 10.3. The van der Waals surface area contributed by atoms with Gasteiger partial charge in [-0.2, -0.15) is 0 Å². The molecule has 0 aromatic carbocycles. The highest BCUT2D eigenvalue weighted by atomic mass is 32.1. The van der Waals surface area contributed by atoms with E-state index in [-0.39, 0.29) is 0 Å². The van der Waals surface area contributed by atoms with Crippen LogP contribution in [-0.2, 0) is 12.8 Å². The third-order valence-electron chi connectivity index (χ3n) is 4.22. The third kappa shape index (κ3) is 2.33. The second-order valence-corrected chi connectivity index (χ2v) is 6.60. The Labute approximate surface area is 107 Å². The van der Waals surface area contributed by atoms with Gasteiger partial charge in [-0.05, 0) is 50.2 Å². The van der Waals surface area contributed by atoms with Gasteiger partial charge in [0.2, 0.25) is 0 Å². The number of hydrogen-bond acceptors (Lipinski definition) is 2. The van der Waals surface area contributed by atoms with Crippen molar-refractivity contribution in [3.05, 3.63) is 21.4 Å². The van der Waals surface area contributed by atoms with E-state index in [1.165, 1.54) is 55.4 Å².